The third kappa shape index (κ3) is 3.39. The van der Waals surface area contributed by atoms with Crippen LogP contribution in [0.25, 0.3) is 11.0 Å². The van der Waals surface area contributed by atoms with Gasteiger partial charge in [-0.2, -0.15) is 0 Å². The molecule has 0 saturated carbocycles. The topological polar surface area (TPSA) is 51.5 Å². The van der Waals surface area contributed by atoms with Gasteiger partial charge in [0.1, 0.15) is 11.6 Å². The normalized spacial score (nSPS) is 14.1. The molecule has 0 radical (unpaired) electrons. The van der Waals surface area contributed by atoms with E-state index in [9.17, 15) is 4.79 Å². The van der Waals surface area contributed by atoms with Gasteiger partial charge in [-0.25, -0.2) is 0 Å². The van der Waals surface area contributed by atoms with E-state index in [1.165, 1.54) is 7.11 Å². The largest absolute Gasteiger partial charge is 0.468 e. The Labute approximate surface area is 129 Å². The van der Waals surface area contributed by atoms with Gasteiger partial charge in [0, 0.05) is 17.5 Å². The third-order valence-corrected chi connectivity index (χ3v) is 4.12. The number of rotatable bonds is 6. The van der Waals surface area contributed by atoms with E-state index in [1.54, 1.807) is 0 Å². The molecule has 21 heavy (non-hydrogen) atoms. The van der Waals surface area contributed by atoms with Gasteiger partial charge >= 0.3 is 5.97 Å². The number of para-hydroxylation sites is 1. The van der Waals surface area contributed by atoms with E-state index in [1.807, 2.05) is 38.1 Å². The summed E-state index contributed by atoms with van der Waals surface area (Å²) in [7, 11) is 1.40. The minimum absolute atomic E-state index is 0.175. The maximum atomic E-state index is 11.9. The number of ether oxygens (including phenoxy) is 1. The molecule has 5 heteroatoms. The van der Waals surface area contributed by atoms with Crippen LogP contribution >= 0.6 is 11.6 Å². The molecule has 0 spiro atoms. The Hall–Kier alpha value is -1.52. The molecule has 0 bridgehead atoms. The molecule has 0 saturated heterocycles. The highest BCUT2D eigenvalue weighted by Gasteiger charge is 2.25. The molecular formula is C16H20ClNO3. The van der Waals surface area contributed by atoms with Gasteiger partial charge in [-0.15, -0.1) is 0 Å². The fourth-order valence-corrected chi connectivity index (χ4v) is 2.58. The van der Waals surface area contributed by atoms with Gasteiger partial charge in [-0.05, 0) is 23.6 Å². The summed E-state index contributed by atoms with van der Waals surface area (Å²) >= 11 is 6.16. The number of nitrogens with one attached hydrogen (secondary N) is 1. The van der Waals surface area contributed by atoms with Crippen molar-refractivity contribution in [2.45, 2.75) is 32.9 Å². The number of fused-ring (bicyclic) bond motifs is 1. The number of methoxy groups -OCH3 is 1. The minimum atomic E-state index is -0.357. The highest BCUT2D eigenvalue weighted by Crippen LogP contribution is 2.29. The molecule has 2 atom stereocenters. The average Bonchev–Trinajstić information content (AvgIpc) is 2.82. The fourth-order valence-electron chi connectivity index (χ4n) is 2.33. The van der Waals surface area contributed by atoms with Gasteiger partial charge in [-0.1, -0.05) is 38.5 Å². The summed E-state index contributed by atoms with van der Waals surface area (Å²) in [5, 5.41) is 4.56. The zero-order valence-corrected chi connectivity index (χ0v) is 13.2. The van der Waals surface area contributed by atoms with Crippen LogP contribution in [0.2, 0.25) is 5.22 Å². The Balaban J connectivity index is 2.19. The first-order valence-corrected chi connectivity index (χ1v) is 7.43. The molecule has 0 fully saturated rings. The summed E-state index contributed by atoms with van der Waals surface area (Å²) in [5.41, 5.74) is 1.61. The van der Waals surface area contributed by atoms with E-state index in [-0.39, 0.29) is 17.9 Å². The van der Waals surface area contributed by atoms with E-state index in [4.69, 9.17) is 20.8 Å². The van der Waals surface area contributed by atoms with Crippen LogP contribution in [0.3, 0.4) is 0 Å². The van der Waals surface area contributed by atoms with Crippen molar-refractivity contribution in [1.82, 2.24) is 5.32 Å². The lowest BCUT2D eigenvalue weighted by Gasteiger charge is -2.21. The van der Waals surface area contributed by atoms with Gasteiger partial charge in [0.15, 0.2) is 5.22 Å². The van der Waals surface area contributed by atoms with E-state index >= 15 is 0 Å². The van der Waals surface area contributed by atoms with Crippen molar-refractivity contribution in [3.05, 3.63) is 35.0 Å². The zero-order chi connectivity index (χ0) is 15.4. The number of hydrogen-bond donors (Lipinski definition) is 1. The van der Waals surface area contributed by atoms with Crippen LogP contribution in [-0.2, 0) is 16.1 Å². The first-order valence-electron chi connectivity index (χ1n) is 7.05. The van der Waals surface area contributed by atoms with Gasteiger partial charge in [0.25, 0.3) is 0 Å². The Morgan fingerprint density at radius 2 is 2.14 bits per heavy atom. The lowest BCUT2D eigenvalue weighted by molar-refractivity contribution is -0.144. The zero-order valence-electron chi connectivity index (χ0n) is 12.5. The summed E-state index contributed by atoms with van der Waals surface area (Å²) in [4.78, 5) is 11.9. The van der Waals surface area contributed by atoms with Crippen molar-refractivity contribution in [2.75, 3.05) is 7.11 Å². The van der Waals surface area contributed by atoms with Crippen LogP contribution in [0, 0.1) is 5.92 Å². The van der Waals surface area contributed by atoms with Gasteiger partial charge < -0.3 is 9.15 Å². The maximum Gasteiger partial charge on any atom is 0.323 e. The summed E-state index contributed by atoms with van der Waals surface area (Å²) in [6.45, 7) is 4.52. The van der Waals surface area contributed by atoms with Gasteiger partial charge in [-0.3, -0.25) is 10.1 Å². The first-order chi connectivity index (χ1) is 10.1. The SMILES string of the molecule is CCC(C)C(NCc1c(Cl)oc2ccccc12)C(=O)OC. The monoisotopic (exact) mass is 309 g/mol. The van der Waals surface area contributed by atoms with Crippen LogP contribution in [0.1, 0.15) is 25.8 Å². The molecule has 2 aromatic rings. The van der Waals surface area contributed by atoms with Crippen molar-refractivity contribution < 1.29 is 13.9 Å². The molecule has 2 unspecified atom stereocenters. The number of carbonyl (C=O) groups excluding carboxylic acids is 1. The molecule has 1 N–H and O–H groups in total. The summed E-state index contributed by atoms with van der Waals surface area (Å²) in [5.74, 6) is -0.0809. The van der Waals surface area contributed by atoms with Crippen molar-refractivity contribution in [3.63, 3.8) is 0 Å². The summed E-state index contributed by atoms with van der Waals surface area (Å²) < 4.78 is 10.4. The Morgan fingerprint density at radius 3 is 2.81 bits per heavy atom. The lowest BCUT2D eigenvalue weighted by Crippen LogP contribution is -2.42. The Kier molecular flexibility index (Phi) is 5.26. The smallest absolute Gasteiger partial charge is 0.323 e. The van der Waals surface area contributed by atoms with Crippen molar-refractivity contribution in [1.29, 1.82) is 0 Å². The molecule has 1 aromatic carbocycles. The molecule has 2 rings (SSSR count). The molecule has 4 nitrogen and oxygen atoms in total. The molecular weight excluding hydrogens is 290 g/mol. The van der Waals surface area contributed by atoms with E-state index in [0.717, 1.165) is 23.0 Å². The fraction of sp³-hybridized carbons (Fsp3) is 0.438. The van der Waals surface area contributed by atoms with Crippen LogP contribution < -0.4 is 5.32 Å². The molecule has 0 aliphatic carbocycles. The maximum absolute atomic E-state index is 11.9. The molecule has 0 aliphatic heterocycles. The average molecular weight is 310 g/mol. The Morgan fingerprint density at radius 1 is 1.43 bits per heavy atom. The molecule has 114 valence electrons. The quantitative estimate of drug-likeness (QED) is 0.825. The highest BCUT2D eigenvalue weighted by molar-refractivity contribution is 6.30. The van der Waals surface area contributed by atoms with Crippen LogP contribution in [0.4, 0.5) is 0 Å². The van der Waals surface area contributed by atoms with Crippen molar-refractivity contribution >= 4 is 28.5 Å². The van der Waals surface area contributed by atoms with Gasteiger partial charge in [0.2, 0.25) is 0 Å². The second-order valence-corrected chi connectivity index (χ2v) is 5.46. The van der Waals surface area contributed by atoms with Crippen LogP contribution in [0.15, 0.2) is 28.7 Å². The van der Waals surface area contributed by atoms with Crippen LogP contribution in [-0.4, -0.2) is 19.1 Å². The second kappa shape index (κ2) is 6.96. The number of furan rings is 1. The summed E-state index contributed by atoms with van der Waals surface area (Å²) in [6, 6.07) is 7.31. The van der Waals surface area contributed by atoms with E-state index in [2.05, 4.69) is 5.32 Å². The number of hydrogen-bond acceptors (Lipinski definition) is 4. The predicted octanol–water partition coefficient (Wildman–Crippen LogP) is 3.76. The lowest BCUT2D eigenvalue weighted by atomic mass is 9.99. The number of halogens is 1. The third-order valence-electron chi connectivity index (χ3n) is 3.82. The van der Waals surface area contributed by atoms with Gasteiger partial charge in [0.05, 0.1) is 7.11 Å². The first kappa shape index (κ1) is 15.9. The molecule has 1 aromatic heterocycles. The molecule has 0 aliphatic rings. The molecule has 0 amide bonds. The van der Waals surface area contributed by atoms with Crippen LogP contribution in [0.5, 0.6) is 0 Å². The standard InChI is InChI=1S/C16H20ClNO3/c1-4-10(2)14(16(19)20-3)18-9-12-11-7-5-6-8-13(11)21-15(12)17/h5-8,10,14,18H,4,9H2,1-3H3. The number of esters is 1. The second-order valence-electron chi connectivity index (χ2n) is 5.12. The number of benzene rings is 1. The summed E-state index contributed by atoms with van der Waals surface area (Å²) in [6.07, 6.45) is 0.882. The Bertz CT molecular complexity index is 623. The van der Waals surface area contributed by atoms with Crippen molar-refractivity contribution in [2.24, 2.45) is 5.92 Å². The predicted molar refractivity (Wildman–Crippen MR) is 83.3 cm³/mol. The highest BCUT2D eigenvalue weighted by atomic mass is 35.5. The van der Waals surface area contributed by atoms with E-state index in [0.29, 0.717) is 11.8 Å². The van der Waals surface area contributed by atoms with E-state index < -0.39 is 0 Å². The minimum Gasteiger partial charge on any atom is -0.468 e. The number of carbonyl (C=O) groups is 1. The van der Waals surface area contributed by atoms with Crippen molar-refractivity contribution in [3.8, 4) is 0 Å². The molecule has 1 heterocycles.